The Hall–Kier alpha value is -1.59. The molecule has 6 nitrogen and oxygen atoms in total. The van der Waals surface area contributed by atoms with Crippen molar-refractivity contribution in [3.63, 3.8) is 0 Å². The third-order valence-corrected chi connectivity index (χ3v) is 3.75. The van der Waals surface area contributed by atoms with E-state index in [9.17, 15) is 14.4 Å². The van der Waals surface area contributed by atoms with Gasteiger partial charge >= 0.3 is 17.9 Å². The Morgan fingerprint density at radius 3 is 1.33 bits per heavy atom. The first kappa shape index (κ1) is 19.4. The van der Waals surface area contributed by atoms with Crippen LogP contribution >= 0.6 is 0 Å². The highest BCUT2D eigenvalue weighted by atomic mass is 16.4. The van der Waals surface area contributed by atoms with Gasteiger partial charge in [-0.05, 0) is 6.42 Å². The number of rotatable bonds is 13. The van der Waals surface area contributed by atoms with Gasteiger partial charge in [-0.2, -0.15) is 0 Å². The third kappa shape index (κ3) is 6.14. The van der Waals surface area contributed by atoms with Gasteiger partial charge in [0.25, 0.3) is 5.41 Å². The van der Waals surface area contributed by atoms with Crippen LogP contribution < -0.4 is 0 Å². The van der Waals surface area contributed by atoms with E-state index in [1.165, 1.54) is 25.7 Å². The van der Waals surface area contributed by atoms with Gasteiger partial charge in [-0.3, -0.25) is 14.4 Å². The molecular weight excluding hydrogens is 276 g/mol. The average Bonchev–Trinajstić information content (AvgIpc) is 2.39. The summed E-state index contributed by atoms with van der Waals surface area (Å²) in [4.78, 5) is 33.0. The maximum Gasteiger partial charge on any atom is 0.332 e. The fourth-order valence-electron chi connectivity index (χ4n) is 2.30. The molecule has 122 valence electrons. The van der Waals surface area contributed by atoms with Gasteiger partial charge in [-0.15, -0.1) is 0 Å². The minimum Gasteiger partial charge on any atom is -0.480 e. The van der Waals surface area contributed by atoms with E-state index in [2.05, 4.69) is 6.92 Å². The molecule has 0 aromatic carbocycles. The van der Waals surface area contributed by atoms with Gasteiger partial charge in [-0.25, -0.2) is 0 Å². The van der Waals surface area contributed by atoms with Crippen LogP contribution in [0.2, 0.25) is 0 Å². The Bertz CT molecular complexity index is 314. The van der Waals surface area contributed by atoms with Crippen LogP contribution in [0.3, 0.4) is 0 Å². The second-order valence-corrected chi connectivity index (χ2v) is 5.40. The molecule has 0 radical (unpaired) electrons. The van der Waals surface area contributed by atoms with Crippen molar-refractivity contribution in [3.05, 3.63) is 0 Å². The Balaban J connectivity index is 4.04. The van der Waals surface area contributed by atoms with Gasteiger partial charge in [0.1, 0.15) is 0 Å². The summed E-state index contributed by atoms with van der Waals surface area (Å²) in [6.07, 6.45) is 8.41. The van der Waals surface area contributed by atoms with Crippen LogP contribution in [0.4, 0.5) is 0 Å². The maximum atomic E-state index is 11.0. The van der Waals surface area contributed by atoms with Crippen molar-refractivity contribution in [2.75, 3.05) is 0 Å². The normalized spacial score (nSPS) is 11.3. The van der Waals surface area contributed by atoms with E-state index in [1.54, 1.807) is 0 Å². The van der Waals surface area contributed by atoms with Crippen molar-refractivity contribution < 1.29 is 29.7 Å². The van der Waals surface area contributed by atoms with Crippen LogP contribution in [-0.4, -0.2) is 33.2 Å². The molecule has 21 heavy (non-hydrogen) atoms. The zero-order valence-corrected chi connectivity index (χ0v) is 12.6. The largest absolute Gasteiger partial charge is 0.480 e. The number of carbonyl (C=O) groups is 3. The molecular formula is C15H26O6. The fraction of sp³-hybridized carbons (Fsp3) is 0.800. The Labute approximate surface area is 125 Å². The standard InChI is InChI=1S/C15H26O6/c1-2-3-4-5-6-7-8-9-10-11-15(12(16)17,13(18)19)14(20)21/h2-11H2,1H3,(H,16,17)(H,18,19)(H,20,21). The van der Waals surface area contributed by atoms with Crippen molar-refractivity contribution in [2.24, 2.45) is 5.41 Å². The number of hydrogen-bond acceptors (Lipinski definition) is 3. The van der Waals surface area contributed by atoms with Gasteiger partial charge in [0.05, 0.1) is 0 Å². The van der Waals surface area contributed by atoms with Crippen LogP contribution in [0, 0.1) is 5.41 Å². The molecule has 0 bridgehead atoms. The fourth-order valence-corrected chi connectivity index (χ4v) is 2.30. The highest BCUT2D eigenvalue weighted by molar-refractivity contribution is 6.16. The first-order chi connectivity index (χ1) is 9.89. The monoisotopic (exact) mass is 302 g/mol. The molecule has 0 atom stereocenters. The van der Waals surface area contributed by atoms with E-state index in [1.807, 2.05) is 0 Å². The molecule has 0 saturated carbocycles. The summed E-state index contributed by atoms with van der Waals surface area (Å²) < 4.78 is 0. The quantitative estimate of drug-likeness (QED) is 0.356. The van der Waals surface area contributed by atoms with Gasteiger partial charge < -0.3 is 15.3 Å². The molecule has 0 amide bonds. The molecule has 0 aliphatic heterocycles. The molecule has 0 fully saturated rings. The van der Waals surface area contributed by atoms with Crippen LogP contribution in [0.15, 0.2) is 0 Å². The van der Waals surface area contributed by atoms with E-state index in [0.717, 1.165) is 19.3 Å². The summed E-state index contributed by atoms with van der Waals surface area (Å²) in [5, 5.41) is 26.8. The van der Waals surface area contributed by atoms with Crippen LogP contribution in [-0.2, 0) is 14.4 Å². The van der Waals surface area contributed by atoms with Crippen molar-refractivity contribution in [3.8, 4) is 0 Å². The van der Waals surface area contributed by atoms with Crippen LogP contribution in [0.5, 0.6) is 0 Å². The van der Waals surface area contributed by atoms with E-state index in [-0.39, 0.29) is 6.42 Å². The number of unbranched alkanes of at least 4 members (excludes halogenated alkanes) is 8. The lowest BCUT2D eigenvalue weighted by atomic mass is 9.82. The summed E-state index contributed by atoms with van der Waals surface area (Å²) >= 11 is 0. The summed E-state index contributed by atoms with van der Waals surface area (Å²) in [5.41, 5.74) is -2.71. The smallest absolute Gasteiger partial charge is 0.332 e. The minimum atomic E-state index is -2.71. The lowest BCUT2D eigenvalue weighted by Crippen LogP contribution is -2.46. The van der Waals surface area contributed by atoms with Crippen LogP contribution in [0.25, 0.3) is 0 Å². The minimum absolute atomic E-state index is 0.292. The average molecular weight is 302 g/mol. The molecule has 0 saturated heterocycles. The highest BCUT2D eigenvalue weighted by Crippen LogP contribution is 2.27. The Morgan fingerprint density at radius 1 is 0.667 bits per heavy atom. The summed E-state index contributed by atoms with van der Waals surface area (Å²) in [6, 6.07) is 0. The molecule has 0 rings (SSSR count). The third-order valence-electron chi connectivity index (χ3n) is 3.75. The van der Waals surface area contributed by atoms with Gasteiger partial charge in [0.15, 0.2) is 0 Å². The summed E-state index contributed by atoms with van der Waals surface area (Å²) in [7, 11) is 0. The van der Waals surface area contributed by atoms with Gasteiger partial charge in [-0.1, -0.05) is 64.7 Å². The molecule has 0 aliphatic rings. The van der Waals surface area contributed by atoms with E-state index >= 15 is 0 Å². The van der Waals surface area contributed by atoms with Crippen molar-refractivity contribution in [1.82, 2.24) is 0 Å². The number of hydrogen-bond donors (Lipinski definition) is 3. The maximum absolute atomic E-state index is 11.0. The Kier molecular flexibility index (Phi) is 9.41. The second kappa shape index (κ2) is 10.2. The molecule has 0 aliphatic carbocycles. The highest BCUT2D eigenvalue weighted by Gasteiger charge is 2.53. The number of carboxylic acids is 3. The van der Waals surface area contributed by atoms with E-state index in [0.29, 0.717) is 12.8 Å². The molecule has 0 heterocycles. The second-order valence-electron chi connectivity index (χ2n) is 5.40. The van der Waals surface area contributed by atoms with Crippen molar-refractivity contribution in [1.29, 1.82) is 0 Å². The molecule has 3 N–H and O–H groups in total. The first-order valence-corrected chi connectivity index (χ1v) is 7.59. The van der Waals surface area contributed by atoms with Crippen molar-refractivity contribution in [2.45, 2.75) is 71.1 Å². The molecule has 0 unspecified atom stereocenters. The van der Waals surface area contributed by atoms with Crippen LogP contribution in [0.1, 0.15) is 71.1 Å². The zero-order chi connectivity index (χ0) is 16.3. The number of carboxylic acid groups (broad SMARTS) is 3. The lowest BCUT2D eigenvalue weighted by Gasteiger charge is -2.19. The van der Waals surface area contributed by atoms with Gasteiger partial charge in [0, 0.05) is 0 Å². The van der Waals surface area contributed by atoms with E-state index < -0.39 is 23.3 Å². The molecule has 0 spiro atoms. The molecule has 0 aromatic rings. The number of aliphatic carboxylic acids is 3. The summed E-state index contributed by atoms with van der Waals surface area (Å²) in [5.74, 6) is -5.41. The zero-order valence-electron chi connectivity index (χ0n) is 12.6. The molecule has 6 heteroatoms. The Morgan fingerprint density at radius 2 is 1.00 bits per heavy atom. The predicted molar refractivity (Wildman–Crippen MR) is 77.2 cm³/mol. The SMILES string of the molecule is CCCCCCCCCCCC(C(=O)O)(C(=O)O)C(=O)O. The first-order valence-electron chi connectivity index (χ1n) is 7.59. The summed E-state index contributed by atoms with van der Waals surface area (Å²) in [6.45, 7) is 2.15. The van der Waals surface area contributed by atoms with Gasteiger partial charge in [0.2, 0.25) is 0 Å². The topological polar surface area (TPSA) is 112 Å². The predicted octanol–water partition coefficient (Wildman–Crippen LogP) is 3.15. The van der Waals surface area contributed by atoms with Crippen molar-refractivity contribution >= 4 is 17.9 Å². The lowest BCUT2D eigenvalue weighted by molar-refractivity contribution is -0.176. The molecule has 0 aromatic heterocycles. The van der Waals surface area contributed by atoms with E-state index in [4.69, 9.17) is 15.3 Å².